The number of fused-ring (bicyclic) bond motifs is 1. The van der Waals surface area contributed by atoms with Gasteiger partial charge in [0.25, 0.3) is 5.91 Å². The molecular weight excluding hydrogens is 416 g/mol. The number of aromatic carboxylic acids is 1. The summed E-state index contributed by atoms with van der Waals surface area (Å²) in [5, 5.41) is 14.6. The standard InChI is InChI=1S/C22H18N4O4S/c1-12-5-6-13(8-24-12)21(27)26-15-3-2-4-16(7-15)30-10-14-11-31-19-17(22(28)29)9-25-20(23)18(14)19/h2-9,11H,10H2,1H3,(H2,23,25)(H,26,27)(H,28,29). The van der Waals surface area contributed by atoms with Gasteiger partial charge in [0.2, 0.25) is 0 Å². The lowest BCUT2D eigenvalue weighted by Gasteiger charge is -2.10. The number of carboxylic acids is 1. The Morgan fingerprint density at radius 2 is 2.03 bits per heavy atom. The molecule has 3 aromatic heterocycles. The highest BCUT2D eigenvalue weighted by Crippen LogP contribution is 2.33. The molecule has 156 valence electrons. The molecule has 4 aromatic rings. The van der Waals surface area contributed by atoms with Crippen LogP contribution in [0, 0.1) is 6.92 Å². The number of anilines is 2. The molecule has 0 saturated heterocycles. The minimum Gasteiger partial charge on any atom is -0.489 e. The van der Waals surface area contributed by atoms with Crippen LogP contribution < -0.4 is 15.8 Å². The van der Waals surface area contributed by atoms with Gasteiger partial charge in [0.05, 0.1) is 15.8 Å². The third kappa shape index (κ3) is 4.31. The van der Waals surface area contributed by atoms with Gasteiger partial charge >= 0.3 is 5.97 Å². The van der Waals surface area contributed by atoms with E-state index in [2.05, 4.69) is 15.3 Å². The topological polar surface area (TPSA) is 127 Å². The van der Waals surface area contributed by atoms with Gasteiger partial charge in [-0.25, -0.2) is 9.78 Å². The van der Waals surface area contributed by atoms with E-state index in [1.807, 2.05) is 12.3 Å². The number of thiophene rings is 1. The van der Waals surface area contributed by atoms with Gasteiger partial charge in [-0.2, -0.15) is 0 Å². The lowest BCUT2D eigenvalue weighted by molar-refractivity contribution is 0.0698. The summed E-state index contributed by atoms with van der Waals surface area (Å²) in [5.74, 6) is -0.528. The van der Waals surface area contributed by atoms with Crippen LogP contribution in [-0.2, 0) is 6.61 Å². The molecule has 1 amide bonds. The van der Waals surface area contributed by atoms with E-state index in [4.69, 9.17) is 10.5 Å². The summed E-state index contributed by atoms with van der Waals surface area (Å²) in [6.07, 6.45) is 2.79. The normalized spacial score (nSPS) is 10.7. The fourth-order valence-corrected chi connectivity index (χ4v) is 4.09. The third-order valence-corrected chi connectivity index (χ3v) is 5.65. The maximum absolute atomic E-state index is 12.4. The quantitative estimate of drug-likeness (QED) is 0.417. The summed E-state index contributed by atoms with van der Waals surface area (Å²) in [7, 11) is 0. The molecule has 0 fully saturated rings. The van der Waals surface area contributed by atoms with Gasteiger partial charge in [-0.05, 0) is 36.6 Å². The molecule has 0 aliphatic carbocycles. The smallest absolute Gasteiger partial charge is 0.338 e. The molecule has 0 spiro atoms. The number of nitrogens with two attached hydrogens (primary N) is 1. The number of nitrogens with zero attached hydrogens (tertiary/aromatic N) is 2. The number of hydrogen-bond acceptors (Lipinski definition) is 7. The number of amides is 1. The molecule has 9 heteroatoms. The van der Waals surface area contributed by atoms with Crippen molar-refractivity contribution in [1.29, 1.82) is 0 Å². The molecule has 3 heterocycles. The predicted octanol–water partition coefficient (Wildman–Crippen LogP) is 4.11. The van der Waals surface area contributed by atoms with E-state index in [9.17, 15) is 14.7 Å². The summed E-state index contributed by atoms with van der Waals surface area (Å²) in [6.45, 7) is 2.03. The monoisotopic (exact) mass is 434 g/mol. The highest BCUT2D eigenvalue weighted by Gasteiger charge is 2.17. The van der Waals surface area contributed by atoms with E-state index >= 15 is 0 Å². The van der Waals surface area contributed by atoms with Crippen LogP contribution in [0.2, 0.25) is 0 Å². The Morgan fingerprint density at radius 1 is 1.19 bits per heavy atom. The number of aromatic nitrogens is 2. The van der Waals surface area contributed by atoms with E-state index in [0.717, 1.165) is 11.3 Å². The van der Waals surface area contributed by atoms with Gasteiger partial charge < -0.3 is 20.9 Å². The van der Waals surface area contributed by atoms with Gasteiger partial charge in [-0.15, -0.1) is 11.3 Å². The molecule has 4 N–H and O–H groups in total. The SMILES string of the molecule is Cc1ccc(C(=O)Nc2cccc(OCc3csc4c(C(=O)O)cnc(N)c34)c2)cn1. The minimum atomic E-state index is -1.06. The zero-order chi connectivity index (χ0) is 22.0. The number of ether oxygens (including phenoxy) is 1. The van der Waals surface area contributed by atoms with E-state index in [1.165, 1.54) is 23.7 Å². The van der Waals surface area contributed by atoms with E-state index in [-0.39, 0.29) is 23.9 Å². The van der Waals surface area contributed by atoms with E-state index < -0.39 is 5.97 Å². The number of benzene rings is 1. The number of carbonyl (C=O) groups is 2. The van der Waals surface area contributed by atoms with Crippen LogP contribution in [0.4, 0.5) is 11.5 Å². The number of rotatable bonds is 6. The fourth-order valence-electron chi connectivity index (χ4n) is 3.02. The Kier molecular flexibility index (Phi) is 5.50. The Bertz CT molecular complexity index is 1280. The highest BCUT2D eigenvalue weighted by atomic mass is 32.1. The Labute approximate surface area is 181 Å². The number of nitrogens with one attached hydrogen (secondary N) is 1. The first-order valence-corrected chi connectivity index (χ1v) is 10.1. The third-order valence-electron chi connectivity index (χ3n) is 4.59. The highest BCUT2D eigenvalue weighted by molar-refractivity contribution is 7.17. The van der Waals surface area contributed by atoms with Crippen molar-refractivity contribution < 1.29 is 19.4 Å². The van der Waals surface area contributed by atoms with Gasteiger partial charge in [-0.3, -0.25) is 9.78 Å². The number of hydrogen-bond donors (Lipinski definition) is 3. The maximum Gasteiger partial charge on any atom is 0.338 e. The maximum atomic E-state index is 12.4. The Balaban J connectivity index is 1.50. The molecule has 31 heavy (non-hydrogen) atoms. The second kappa shape index (κ2) is 8.41. The summed E-state index contributed by atoms with van der Waals surface area (Å²) in [4.78, 5) is 31.9. The molecule has 8 nitrogen and oxygen atoms in total. The summed E-state index contributed by atoms with van der Waals surface area (Å²) in [6, 6.07) is 10.5. The predicted molar refractivity (Wildman–Crippen MR) is 119 cm³/mol. The number of nitrogen functional groups attached to an aromatic ring is 1. The largest absolute Gasteiger partial charge is 0.489 e. The number of carboxylic acid groups (broad SMARTS) is 1. The minimum absolute atomic E-state index is 0.107. The first-order valence-electron chi connectivity index (χ1n) is 9.27. The fraction of sp³-hybridized carbons (Fsp3) is 0.0909. The van der Waals surface area contributed by atoms with Crippen LogP contribution in [0.25, 0.3) is 10.1 Å². The van der Waals surface area contributed by atoms with E-state index in [1.54, 1.807) is 36.4 Å². The van der Waals surface area contributed by atoms with Crippen LogP contribution >= 0.6 is 11.3 Å². The second-order valence-electron chi connectivity index (χ2n) is 6.79. The van der Waals surface area contributed by atoms with Crippen LogP contribution in [0.5, 0.6) is 5.75 Å². The molecule has 0 unspecified atom stereocenters. The number of aryl methyl sites for hydroxylation is 1. The number of carbonyl (C=O) groups excluding carboxylic acids is 1. The van der Waals surface area contributed by atoms with Gasteiger partial charge in [-0.1, -0.05) is 6.07 Å². The van der Waals surface area contributed by atoms with Crippen LogP contribution in [0.15, 0.2) is 54.2 Å². The van der Waals surface area contributed by atoms with Crippen LogP contribution in [-0.4, -0.2) is 27.0 Å². The van der Waals surface area contributed by atoms with Crippen molar-refractivity contribution in [3.8, 4) is 5.75 Å². The van der Waals surface area contributed by atoms with Crippen molar-refractivity contribution in [3.05, 3.63) is 76.6 Å². The summed E-state index contributed by atoms with van der Waals surface area (Å²) < 4.78 is 6.43. The molecular formula is C22H18N4O4S. The first kappa shape index (κ1) is 20.3. The van der Waals surface area contributed by atoms with E-state index in [0.29, 0.717) is 27.1 Å². The zero-order valence-electron chi connectivity index (χ0n) is 16.5. The summed E-state index contributed by atoms with van der Waals surface area (Å²) >= 11 is 1.28. The average molecular weight is 434 g/mol. The Hall–Kier alpha value is -3.98. The lowest BCUT2D eigenvalue weighted by atomic mass is 10.1. The van der Waals surface area contributed by atoms with Crippen LogP contribution in [0.3, 0.4) is 0 Å². The van der Waals surface area contributed by atoms with Crippen molar-refractivity contribution >= 4 is 44.8 Å². The van der Waals surface area contributed by atoms with Gasteiger partial charge in [0.15, 0.2) is 0 Å². The number of pyridine rings is 2. The Morgan fingerprint density at radius 3 is 2.77 bits per heavy atom. The van der Waals surface area contributed by atoms with Crippen molar-refractivity contribution in [2.24, 2.45) is 0 Å². The second-order valence-corrected chi connectivity index (χ2v) is 7.67. The molecule has 0 aliphatic rings. The molecule has 1 aromatic carbocycles. The van der Waals surface area contributed by atoms with Crippen molar-refractivity contribution in [1.82, 2.24) is 9.97 Å². The molecule has 0 bridgehead atoms. The average Bonchev–Trinajstić information content (AvgIpc) is 3.18. The zero-order valence-corrected chi connectivity index (χ0v) is 17.3. The molecule has 0 aliphatic heterocycles. The lowest BCUT2D eigenvalue weighted by Crippen LogP contribution is -2.12. The molecule has 0 radical (unpaired) electrons. The molecule has 4 rings (SSSR count). The summed E-state index contributed by atoms with van der Waals surface area (Å²) in [5.41, 5.74) is 8.69. The van der Waals surface area contributed by atoms with Crippen LogP contribution in [0.1, 0.15) is 32.0 Å². The van der Waals surface area contributed by atoms with Crippen molar-refractivity contribution in [3.63, 3.8) is 0 Å². The van der Waals surface area contributed by atoms with Crippen molar-refractivity contribution in [2.45, 2.75) is 13.5 Å². The van der Waals surface area contributed by atoms with Gasteiger partial charge in [0, 0.05) is 40.8 Å². The van der Waals surface area contributed by atoms with Gasteiger partial charge in [0.1, 0.15) is 18.2 Å². The van der Waals surface area contributed by atoms with Crippen molar-refractivity contribution in [2.75, 3.05) is 11.1 Å². The first-order chi connectivity index (χ1) is 14.9. The molecule has 0 atom stereocenters. The molecule has 0 saturated carbocycles.